The van der Waals surface area contributed by atoms with E-state index in [1.807, 2.05) is 18.9 Å². The molecule has 0 aromatic heterocycles. The minimum atomic E-state index is -0.261. The van der Waals surface area contributed by atoms with Gasteiger partial charge in [-0.1, -0.05) is 43.7 Å². The first-order chi connectivity index (χ1) is 11.4. The van der Waals surface area contributed by atoms with Gasteiger partial charge in [-0.15, -0.1) is 0 Å². The molecule has 0 bridgehead atoms. The highest BCUT2D eigenvalue weighted by Crippen LogP contribution is 2.39. The number of carbonyl (C=O) groups is 2. The van der Waals surface area contributed by atoms with Crippen LogP contribution >= 0.6 is 0 Å². The lowest BCUT2D eigenvalue weighted by Gasteiger charge is -2.37. The van der Waals surface area contributed by atoms with E-state index in [9.17, 15) is 9.59 Å². The molecule has 4 nitrogen and oxygen atoms in total. The van der Waals surface area contributed by atoms with Crippen molar-refractivity contribution in [1.82, 2.24) is 9.80 Å². The molecule has 0 spiro atoms. The van der Waals surface area contributed by atoms with E-state index in [1.54, 1.807) is 4.90 Å². The molecular formula is C20H28N2O2. The summed E-state index contributed by atoms with van der Waals surface area (Å²) in [5.41, 5.74) is 2.25. The van der Waals surface area contributed by atoms with Crippen LogP contribution in [0.2, 0.25) is 0 Å². The summed E-state index contributed by atoms with van der Waals surface area (Å²) in [6, 6.07) is 8.07. The topological polar surface area (TPSA) is 40.6 Å². The van der Waals surface area contributed by atoms with Crippen LogP contribution in [-0.4, -0.2) is 41.8 Å². The van der Waals surface area contributed by atoms with Gasteiger partial charge >= 0.3 is 0 Å². The number of hydrogen-bond acceptors (Lipinski definition) is 2. The molecule has 24 heavy (non-hydrogen) atoms. The number of rotatable bonds is 2. The highest BCUT2D eigenvalue weighted by atomic mass is 16.2. The van der Waals surface area contributed by atoms with Crippen molar-refractivity contribution in [2.45, 2.75) is 39.7 Å². The third-order valence-corrected chi connectivity index (χ3v) is 5.50. The van der Waals surface area contributed by atoms with Gasteiger partial charge in [-0.05, 0) is 30.7 Å². The molecule has 0 radical (unpaired) electrons. The second-order valence-corrected chi connectivity index (χ2v) is 7.86. The van der Waals surface area contributed by atoms with Gasteiger partial charge in [0.2, 0.25) is 11.8 Å². The SMILES string of the molecule is Cc1ccc([C@@H]2[C@H](C(=O)N3C[C@H](C)C[C@@H](C)C3)CC(=O)N2C)cc1. The Labute approximate surface area is 144 Å². The Bertz CT molecular complexity index is 615. The van der Waals surface area contributed by atoms with E-state index in [0.29, 0.717) is 18.3 Å². The van der Waals surface area contributed by atoms with E-state index in [2.05, 4.69) is 38.1 Å². The van der Waals surface area contributed by atoms with Gasteiger partial charge < -0.3 is 9.80 Å². The second kappa shape index (κ2) is 6.58. The molecule has 0 aliphatic carbocycles. The quantitative estimate of drug-likeness (QED) is 0.837. The number of nitrogens with zero attached hydrogens (tertiary/aromatic N) is 2. The van der Waals surface area contributed by atoms with Crippen LogP contribution < -0.4 is 0 Å². The van der Waals surface area contributed by atoms with Crippen LogP contribution in [0.25, 0.3) is 0 Å². The van der Waals surface area contributed by atoms with Crippen molar-refractivity contribution < 1.29 is 9.59 Å². The van der Waals surface area contributed by atoms with E-state index in [1.165, 1.54) is 12.0 Å². The Morgan fingerprint density at radius 3 is 2.25 bits per heavy atom. The fraction of sp³-hybridized carbons (Fsp3) is 0.600. The summed E-state index contributed by atoms with van der Waals surface area (Å²) in [5, 5.41) is 0. The first-order valence-corrected chi connectivity index (χ1v) is 8.97. The molecule has 0 unspecified atom stereocenters. The Morgan fingerprint density at radius 2 is 1.67 bits per heavy atom. The maximum Gasteiger partial charge on any atom is 0.228 e. The highest BCUT2D eigenvalue weighted by Gasteiger charge is 2.44. The van der Waals surface area contributed by atoms with Crippen LogP contribution in [0.5, 0.6) is 0 Å². The molecule has 4 atom stereocenters. The van der Waals surface area contributed by atoms with Gasteiger partial charge in [0.25, 0.3) is 0 Å². The highest BCUT2D eigenvalue weighted by molar-refractivity contribution is 5.90. The molecule has 0 saturated carbocycles. The van der Waals surface area contributed by atoms with Gasteiger partial charge in [0.05, 0.1) is 12.0 Å². The van der Waals surface area contributed by atoms with Crippen LogP contribution in [-0.2, 0) is 9.59 Å². The minimum absolute atomic E-state index is 0.0667. The smallest absolute Gasteiger partial charge is 0.228 e. The average Bonchev–Trinajstić information content (AvgIpc) is 2.82. The van der Waals surface area contributed by atoms with Gasteiger partial charge in [-0.25, -0.2) is 0 Å². The normalized spacial score (nSPS) is 30.8. The minimum Gasteiger partial charge on any atom is -0.342 e. The third kappa shape index (κ3) is 3.19. The van der Waals surface area contributed by atoms with E-state index in [-0.39, 0.29) is 23.8 Å². The summed E-state index contributed by atoms with van der Waals surface area (Å²) in [7, 11) is 1.82. The summed E-state index contributed by atoms with van der Waals surface area (Å²) >= 11 is 0. The van der Waals surface area contributed by atoms with Gasteiger partial charge in [0.1, 0.15) is 0 Å². The zero-order chi connectivity index (χ0) is 17.4. The Balaban J connectivity index is 1.85. The fourth-order valence-corrected chi connectivity index (χ4v) is 4.39. The average molecular weight is 328 g/mol. The molecule has 2 fully saturated rings. The number of piperidine rings is 1. The molecular weight excluding hydrogens is 300 g/mol. The van der Waals surface area contributed by atoms with Gasteiger partial charge in [-0.3, -0.25) is 9.59 Å². The molecule has 1 aromatic carbocycles. The van der Waals surface area contributed by atoms with Crippen molar-refractivity contribution >= 4 is 11.8 Å². The zero-order valence-corrected chi connectivity index (χ0v) is 15.2. The van der Waals surface area contributed by atoms with E-state index < -0.39 is 0 Å². The fourth-order valence-electron chi connectivity index (χ4n) is 4.39. The molecule has 130 valence electrons. The summed E-state index contributed by atoms with van der Waals surface area (Å²) in [6.07, 6.45) is 1.50. The standard InChI is InChI=1S/C20H28N2O2/c1-13-5-7-16(8-6-13)19-17(10-18(23)21(19)4)20(24)22-11-14(2)9-15(3)12-22/h5-8,14-15,17,19H,9-12H2,1-4H3/t14-,15-,17-,19-/m1/s1. The molecule has 2 amide bonds. The van der Waals surface area contributed by atoms with Crippen molar-refractivity contribution in [3.8, 4) is 0 Å². The number of aryl methyl sites for hydroxylation is 1. The first kappa shape index (κ1) is 17.0. The van der Waals surface area contributed by atoms with E-state index in [0.717, 1.165) is 18.7 Å². The zero-order valence-electron chi connectivity index (χ0n) is 15.2. The van der Waals surface area contributed by atoms with Crippen molar-refractivity contribution in [1.29, 1.82) is 0 Å². The van der Waals surface area contributed by atoms with Crippen LogP contribution in [0.15, 0.2) is 24.3 Å². The van der Waals surface area contributed by atoms with Crippen molar-refractivity contribution in [3.63, 3.8) is 0 Å². The van der Waals surface area contributed by atoms with Crippen molar-refractivity contribution in [2.24, 2.45) is 17.8 Å². The number of benzene rings is 1. The van der Waals surface area contributed by atoms with E-state index >= 15 is 0 Å². The first-order valence-electron chi connectivity index (χ1n) is 8.97. The number of amides is 2. The largest absolute Gasteiger partial charge is 0.342 e. The molecule has 3 rings (SSSR count). The molecule has 2 aliphatic rings. The Morgan fingerprint density at radius 1 is 1.08 bits per heavy atom. The summed E-state index contributed by atoms with van der Waals surface area (Å²) in [5.74, 6) is 1.02. The Hall–Kier alpha value is -1.84. The summed E-state index contributed by atoms with van der Waals surface area (Å²) in [4.78, 5) is 29.2. The van der Waals surface area contributed by atoms with Crippen LogP contribution in [0.4, 0.5) is 0 Å². The van der Waals surface area contributed by atoms with E-state index in [4.69, 9.17) is 0 Å². The van der Waals surface area contributed by atoms with Crippen LogP contribution in [0, 0.1) is 24.7 Å². The molecule has 0 N–H and O–H groups in total. The van der Waals surface area contributed by atoms with Gasteiger partial charge in [0, 0.05) is 26.6 Å². The molecule has 4 heteroatoms. The number of hydrogen-bond donors (Lipinski definition) is 0. The second-order valence-electron chi connectivity index (χ2n) is 7.86. The molecule has 1 aromatic rings. The van der Waals surface area contributed by atoms with Crippen molar-refractivity contribution in [2.75, 3.05) is 20.1 Å². The monoisotopic (exact) mass is 328 g/mol. The third-order valence-electron chi connectivity index (χ3n) is 5.50. The maximum atomic E-state index is 13.2. The summed E-state index contributed by atoms with van der Waals surface area (Å²) in [6.45, 7) is 8.10. The number of likely N-dealkylation sites (tertiary alicyclic amines) is 2. The lowest BCUT2D eigenvalue weighted by Crippen LogP contribution is -2.46. The Kier molecular flexibility index (Phi) is 4.66. The predicted molar refractivity (Wildman–Crippen MR) is 94.3 cm³/mol. The number of carbonyl (C=O) groups excluding carboxylic acids is 2. The summed E-state index contributed by atoms with van der Waals surface area (Å²) < 4.78 is 0. The van der Waals surface area contributed by atoms with Gasteiger partial charge in [-0.2, -0.15) is 0 Å². The predicted octanol–water partition coefficient (Wildman–Crippen LogP) is 3.02. The van der Waals surface area contributed by atoms with Gasteiger partial charge in [0.15, 0.2) is 0 Å². The lowest BCUT2D eigenvalue weighted by atomic mass is 9.88. The maximum absolute atomic E-state index is 13.2. The van der Waals surface area contributed by atoms with Crippen molar-refractivity contribution in [3.05, 3.63) is 35.4 Å². The molecule has 2 heterocycles. The lowest BCUT2D eigenvalue weighted by molar-refractivity contribution is -0.139. The molecule has 2 aliphatic heterocycles. The molecule has 2 saturated heterocycles. The van der Waals surface area contributed by atoms with Crippen LogP contribution in [0.3, 0.4) is 0 Å². The van der Waals surface area contributed by atoms with Crippen LogP contribution in [0.1, 0.15) is 43.9 Å².